The van der Waals surface area contributed by atoms with E-state index in [0.29, 0.717) is 41.0 Å². The van der Waals surface area contributed by atoms with Gasteiger partial charge in [0, 0.05) is 42.7 Å². The molecule has 1 unspecified atom stereocenters. The van der Waals surface area contributed by atoms with Gasteiger partial charge in [0.25, 0.3) is 0 Å². The number of aliphatic hydroxyl groups excluding tert-OH is 1. The first-order valence-corrected chi connectivity index (χ1v) is 11.8. The van der Waals surface area contributed by atoms with Crippen molar-refractivity contribution in [2.75, 3.05) is 38.7 Å². The molecule has 1 aliphatic heterocycles. The minimum atomic E-state index is -0.480. The van der Waals surface area contributed by atoms with Crippen LogP contribution in [0.25, 0.3) is 10.9 Å². The largest absolute Gasteiger partial charge is 0.493 e. The first-order valence-electron chi connectivity index (χ1n) is 11.4. The van der Waals surface area contributed by atoms with Gasteiger partial charge in [-0.15, -0.1) is 0 Å². The third-order valence-electron chi connectivity index (χ3n) is 7.05. The third kappa shape index (κ3) is 4.37. The van der Waals surface area contributed by atoms with E-state index in [1.807, 2.05) is 12.1 Å². The number of rotatable bonds is 8. The highest BCUT2D eigenvalue weighted by Gasteiger charge is 2.54. The van der Waals surface area contributed by atoms with Crippen LogP contribution < -0.4 is 14.8 Å². The molecular formula is C25H28ClFN4O3. The van der Waals surface area contributed by atoms with Crippen LogP contribution in [0, 0.1) is 17.2 Å². The molecule has 180 valence electrons. The molecule has 5 rings (SSSR count). The lowest BCUT2D eigenvalue weighted by atomic mass is 9.61. The number of likely N-dealkylation sites (tertiary alicyclic amines) is 1. The van der Waals surface area contributed by atoms with E-state index in [9.17, 15) is 9.50 Å². The van der Waals surface area contributed by atoms with Crippen molar-refractivity contribution in [1.82, 2.24) is 14.9 Å². The lowest BCUT2D eigenvalue weighted by Crippen LogP contribution is -2.48. The number of halogens is 2. The summed E-state index contributed by atoms with van der Waals surface area (Å²) in [5.41, 5.74) is 1.57. The van der Waals surface area contributed by atoms with Crippen LogP contribution >= 0.6 is 11.6 Å². The van der Waals surface area contributed by atoms with E-state index >= 15 is 0 Å². The normalized spacial score (nSPS) is 24.0. The van der Waals surface area contributed by atoms with Crippen molar-refractivity contribution in [3.05, 3.63) is 47.5 Å². The van der Waals surface area contributed by atoms with Crippen molar-refractivity contribution in [3.8, 4) is 11.5 Å². The zero-order valence-corrected chi connectivity index (χ0v) is 20.0. The third-order valence-corrected chi connectivity index (χ3v) is 7.34. The summed E-state index contributed by atoms with van der Waals surface area (Å²) >= 11 is 5.92. The predicted molar refractivity (Wildman–Crippen MR) is 130 cm³/mol. The fourth-order valence-electron chi connectivity index (χ4n) is 5.24. The van der Waals surface area contributed by atoms with Crippen LogP contribution in [0.1, 0.15) is 19.8 Å². The number of hydrogen-bond acceptors (Lipinski definition) is 7. The van der Waals surface area contributed by atoms with E-state index in [0.717, 1.165) is 37.9 Å². The Morgan fingerprint density at radius 2 is 2.12 bits per heavy atom. The molecule has 2 N–H and O–H groups in total. The lowest BCUT2D eigenvalue weighted by molar-refractivity contribution is -0.0639. The van der Waals surface area contributed by atoms with E-state index in [4.69, 9.17) is 21.1 Å². The smallest absolute Gasteiger partial charge is 0.162 e. The summed E-state index contributed by atoms with van der Waals surface area (Å²) in [4.78, 5) is 11.1. The van der Waals surface area contributed by atoms with Crippen molar-refractivity contribution in [2.24, 2.45) is 11.3 Å². The lowest BCUT2D eigenvalue weighted by Gasteiger charge is -2.45. The number of benzene rings is 2. The summed E-state index contributed by atoms with van der Waals surface area (Å²) in [6.07, 6.45) is 3.08. The van der Waals surface area contributed by atoms with Crippen LogP contribution in [0.4, 0.5) is 15.9 Å². The second-order valence-electron chi connectivity index (χ2n) is 9.47. The van der Waals surface area contributed by atoms with Crippen LogP contribution in [0.5, 0.6) is 11.5 Å². The van der Waals surface area contributed by atoms with Crippen LogP contribution in [-0.4, -0.2) is 59.4 Å². The van der Waals surface area contributed by atoms with E-state index in [1.165, 1.54) is 18.5 Å². The molecule has 34 heavy (non-hydrogen) atoms. The Balaban J connectivity index is 1.28. The summed E-state index contributed by atoms with van der Waals surface area (Å²) < 4.78 is 25.1. The number of fused-ring (bicyclic) bond motifs is 2. The minimum Gasteiger partial charge on any atom is -0.493 e. The highest BCUT2D eigenvalue weighted by molar-refractivity contribution is 6.31. The maximum Gasteiger partial charge on any atom is 0.162 e. The summed E-state index contributed by atoms with van der Waals surface area (Å²) in [6, 6.07) is 8.08. The van der Waals surface area contributed by atoms with E-state index in [2.05, 4.69) is 27.1 Å². The Labute approximate surface area is 202 Å². The molecule has 0 amide bonds. The van der Waals surface area contributed by atoms with Crippen LogP contribution in [-0.2, 0) is 0 Å². The fraction of sp³-hybridized carbons (Fsp3) is 0.440. The summed E-state index contributed by atoms with van der Waals surface area (Å²) in [7, 11) is 1.60. The van der Waals surface area contributed by atoms with Crippen LogP contribution in [0.15, 0.2) is 36.7 Å². The quantitative estimate of drug-likeness (QED) is 0.449. The van der Waals surface area contributed by atoms with Crippen molar-refractivity contribution >= 4 is 34.0 Å². The number of anilines is 2. The zero-order chi connectivity index (χ0) is 23.9. The molecule has 9 heteroatoms. The molecule has 2 heterocycles. The van der Waals surface area contributed by atoms with Gasteiger partial charge in [-0.25, -0.2) is 14.4 Å². The maximum absolute atomic E-state index is 13.5. The van der Waals surface area contributed by atoms with Gasteiger partial charge >= 0.3 is 0 Å². The van der Waals surface area contributed by atoms with Gasteiger partial charge in [0.2, 0.25) is 0 Å². The molecule has 1 saturated heterocycles. The van der Waals surface area contributed by atoms with Gasteiger partial charge in [-0.1, -0.05) is 18.5 Å². The van der Waals surface area contributed by atoms with Crippen molar-refractivity contribution < 1.29 is 19.0 Å². The molecule has 1 aliphatic carbocycles. The van der Waals surface area contributed by atoms with Gasteiger partial charge in [0.05, 0.1) is 30.4 Å². The van der Waals surface area contributed by atoms with Gasteiger partial charge in [-0.2, -0.15) is 0 Å². The van der Waals surface area contributed by atoms with Gasteiger partial charge < -0.3 is 24.8 Å². The summed E-state index contributed by atoms with van der Waals surface area (Å²) in [5.74, 6) is 1.67. The van der Waals surface area contributed by atoms with Gasteiger partial charge in [0.1, 0.15) is 18.0 Å². The van der Waals surface area contributed by atoms with Gasteiger partial charge in [-0.05, 0) is 42.5 Å². The molecule has 7 nitrogen and oxygen atoms in total. The Morgan fingerprint density at radius 1 is 1.26 bits per heavy atom. The second-order valence-corrected chi connectivity index (χ2v) is 9.87. The Kier molecular flexibility index (Phi) is 6.22. The topological polar surface area (TPSA) is 79.7 Å². The fourth-order valence-corrected chi connectivity index (χ4v) is 5.42. The Morgan fingerprint density at radius 3 is 2.85 bits per heavy atom. The zero-order valence-electron chi connectivity index (χ0n) is 19.2. The summed E-state index contributed by atoms with van der Waals surface area (Å²) in [6.45, 7) is 5.72. The molecule has 1 saturated carbocycles. The average molecular weight is 487 g/mol. The molecule has 2 fully saturated rings. The molecule has 0 radical (unpaired) electrons. The first-order chi connectivity index (χ1) is 16.4. The predicted octanol–water partition coefficient (Wildman–Crippen LogP) is 4.65. The van der Waals surface area contributed by atoms with Crippen molar-refractivity contribution in [2.45, 2.75) is 25.9 Å². The monoisotopic (exact) mass is 486 g/mol. The van der Waals surface area contributed by atoms with Crippen LogP contribution in [0.3, 0.4) is 0 Å². The maximum atomic E-state index is 13.5. The van der Waals surface area contributed by atoms with Crippen molar-refractivity contribution in [3.63, 3.8) is 0 Å². The number of ether oxygens (including phenoxy) is 2. The van der Waals surface area contributed by atoms with E-state index < -0.39 is 5.82 Å². The van der Waals surface area contributed by atoms with Crippen molar-refractivity contribution in [1.29, 1.82) is 0 Å². The number of methoxy groups -OCH3 is 1. The number of nitrogens with one attached hydrogen (secondary N) is 1. The van der Waals surface area contributed by atoms with Gasteiger partial charge in [0.15, 0.2) is 11.5 Å². The molecule has 1 aromatic heterocycles. The van der Waals surface area contributed by atoms with Crippen LogP contribution in [0.2, 0.25) is 5.02 Å². The van der Waals surface area contributed by atoms with E-state index in [1.54, 1.807) is 13.2 Å². The van der Waals surface area contributed by atoms with E-state index in [-0.39, 0.29) is 16.5 Å². The molecule has 2 aromatic carbocycles. The SMILES string of the molecule is COc1cc2ncnc(Nc3ccc(F)c(Cl)c3)c2cc1OCCCN1CC2[C@H](O)C[C@]2(C)C1. The molecule has 3 atom stereocenters. The first kappa shape index (κ1) is 23.1. The summed E-state index contributed by atoms with van der Waals surface area (Å²) in [5, 5.41) is 14.0. The van der Waals surface area contributed by atoms with Gasteiger partial charge in [-0.3, -0.25) is 0 Å². The number of nitrogens with zero attached hydrogens (tertiary/aromatic N) is 3. The number of aliphatic hydroxyl groups is 1. The standard InChI is InChI=1S/C25H28ClFN4O3/c1-25-11-21(32)17(25)12-31(13-25)6-3-7-34-23-9-16-20(10-22(23)33-2)28-14-29-24(16)30-15-4-5-19(27)18(26)8-15/h4-5,8-10,14,17,21,32H,3,6-7,11-13H2,1-2H3,(H,28,29,30)/t17?,21-,25-/m1/s1. The molecular weight excluding hydrogens is 459 g/mol. The molecule has 0 spiro atoms. The number of hydrogen-bond donors (Lipinski definition) is 2. The molecule has 0 bridgehead atoms. The molecule has 2 aliphatic rings. The highest BCUT2D eigenvalue weighted by atomic mass is 35.5. The molecule has 3 aromatic rings. The average Bonchev–Trinajstić information content (AvgIpc) is 3.08. The Hall–Kier alpha value is -2.68. The Bertz CT molecular complexity index is 1210. The highest BCUT2D eigenvalue weighted by Crippen LogP contribution is 2.51. The number of aromatic nitrogens is 2. The minimum absolute atomic E-state index is 0.0311. The second kappa shape index (κ2) is 9.17.